The van der Waals surface area contributed by atoms with E-state index in [4.69, 9.17) is 5.84 Å². The number of nitrogens with zero attached hydrogens (tertiary/aromatic N) is 2. The van der Waals surface area contributed by atoms with Crippen LogP contribution < -0.4 is 11.3 Å². The largest absolute Gasteiger partial charge is 0.340 e. The smallest absolute Gasteiger partial charge is 0.208 e. The SMILES string of the molecule is NNC(=NC1CC1)N1CCSCC1. The average molecular weight is 200 g/mol. The second-order valence-corrected chi connectivity index (χ2v) is 4.65. The zero-order valence-electron chi connectivity index (χ0n) is 7.70. The van der Waals surface area contributed by atoms with Crippen molar-refractivity contribution in [3.8, 4) is 0 Å². The summed E-state index contributed by atoms with van der Waals surface area (Å²) in [7, 11) is 0. The van der Waals surface area contributed by atoms with E-state index in [1.807, 2.05) is 11.8 Å². The van der Waals surface area contributed by atoms with Gasteiger partial charge in [-0.15, -0.1) is 0 Å². The first-order chi connectivity index (χ1) is 6.40. The summed E-state index contributed by atoms with van der Waals surface area (Å²) < 4.78 is 0. The minimum Gasteiger partial charge on any atom is -0.340 e. The van der Waals surface area contributed by atoms with Crippen LogP contribution in [0.1, 0.15) is 12.8 Å². The van der Waals surface area contributed by atoms with Crippen molar-refractivity contribution in [1.82, 2.24) is 10.3 Å². The van der Waals surface area contributed by atoms with Crippen LogP contribution in [0.3, 0.4) is 0 Å². The second-order valence-electron chi connectivity index (χ2n) is 3.43. The molecule has 4 nitrogen and oxygen atoms in total. The highest BCUT2D eigenvalue weighted by Crippen LogP contribution is 2.24. The van der Waals surface area contributed by atoms with E-state index >= 15 is 0 Å². The van der Waals surface area contributed by atoms with Crippen LogP contribution in [0, 0.1) is 0 Å². The lowest BCUT2D eigenvalue weighted by molar-refractivity contribution is 0.443. The van der Waals surface area contributed by atoms with E-state index < -0.39 is 0 Å². The summed E-state index contributed by atoms with van der Waals surface area (Å²) in [5, 5.41) is 0. The van der Waals surface area contributed by atoms with Crippen molar-refractivity contribution < 1.29 is 0 Å². The summed E-state index contributed by atoms with van der Waals surface area (Å²) in [4.78, 5) is 6.77. The number of hydrazine groups is 1. The normalized spacial score (nSPS) is 24.7. The maximum absolute atomic E-state index is 5.45. The maximum Gasteiger partial charge on any atom is 0.208 e. The van der Waals surface area contributed by atoms with Crippen molar-refractivity contribution in [1.29, 1.82) is 0 Å². The van der Waals surface area contributed by atoms with E-state index in [1.165, 1.54) is 24.3 Å². The van der Waals surface area contributed by atoms with Crippen molar-refractivity contribution >= 4 is 17.7 Å². The molecule has 0 aromatic carbocycles. The highest BCUT2D eigenvalue weighted by molar-refractivity contribution is 7.99. The van der Waals surface area contributed by atoms with Gasteiger partial charge in [0, 0.05) is 24.6 Å². The van der Waals surface area contributed by atoms with Gasteiger partial charge in [-0.25, -0.2) is 10.8 Å². The number of hydrogen-bond acceptors (Lipinski definition) is 3. The van der Waals surface area contributed by atoms with Crippen molar-refractivity contribution in [2.24, 2.45) is 10.8 Å². The lowest BCUT2D eigenvalue weighted by Crippen LogP contribution is -2.48. The van der Waals surface area contributed by atoms with Crippen molar-refractivity contribution in [3.05, 3.63) is 0 Å². The van der Waals surface area contributed by atoms with E-state index in [0.717, 1.165) is 19.0 Å². The fraction of sp³-hybridized carbons (Fsp3) is 0.875. The zero-order chi connectivity index (χ0) is 9.10. The van der Waals surface area contributed by atoms with Gasteiger partial charge in [0.15, 0.2) is 0 Å². The molecular formula is C8H16N4S. The van der Waals surface area contributed by atoms with Crippen LogP contribution in [0.15, 0.2) is 4.99 Å². The van der Waals surface area contributed by atoms with Crippen molar-refractivity contribution in [3.63, 3.8) is 0 Å². The lowest BCUT2D eigenvalue weighted by atomic mass is 10.5. The topological polar surface area (TPSA) is 53.6 Å². The number of nitrogens with two attached hydrogens (primary N) is 1. The standard InChI is InChI=1S/C8H16N4S/c9-11-8(10-7-1-2-7)12-3-5-13-6-4-12/h7H,1-6,9H2,(H,10,11). The van der Waals surface area contributed by atoms with E-state index in [-0.39, 0.29) is 0 Å². The Morgan fingerprint density at radius 2 is 2.08 bits per heavy atom. The zero-order valence-corrected chi connectivity index (χ0v) is 8.52. The Bertz CT molecular complexity index is 196. The van der Waals surface area contributed by atoms with Crippen LogP contribution in [-0.2, 0) is 0 Å². The molecular weight excluding hydrogens is 184 g/mol. The first-order valence-corrected chi connectivity index (χ1v) is 5.93. The van der Waals surface area contributed by atoms with Gasteiger partial charge in [0.25, 0.3) is 0 Å². The lowest BCUT2D eigenvalue weighted by Gasteiger charge is -2.28. The number of rotatable bonds is 1. The third-order valence-electron chi connectivity index (χ3n) is 2.29. The van der Waals surface area contributed by atoms with E-state index in [2.05, 4.69) is 15.3 Å². The highest BCUT2D eigenvalue weighted by atomic mass is 32.2. The van der Waals surface area contributed by atoms with Crippen LogP contribution >= 0.6 is 11.8 Å². The number of guanidine groups is 1. The Hall–Kier alpha value is -0.420. The summed E-state index contributed by atoms with van der Waals surface area (Å²) in [5.74, 6) is 8.71. The Morgan fingerprint density at radius 1 is 1.38 bits per heavy atom. The summed E-state index contributed by atoms with van der Waals surface area (Å²) in [6.45, 7) is 2.14. The van der Waals surface area contributed by atoms with Gasteiger partial charge in [-0.1, -0.05) is 0 Å². The summed E-state index contributed by atoms with van der Waals surface area (Å²) in [6, 6.07) is 0.542. The van der Waals surface area contributed by atoms with Gasteiger partial charge in [0.2, 0.25) is 5.96 Å². The molecule has 2 aliphatic rings. The molecule has 0 amide bonds. The van der Waals surface area contributed by atoms with Crippen LogP contribution in [-0.4, -0.2) is 41.5 Å². The van der Waals surface area contributed by atoms with Gasteiger partial charge >= 0.3 is 0 Å². The number of nitrogens with one attached hydrogen (secondary N) is 1. The molecule has 1 saturated heterocycles. The van der Waals surface area contributed by atoms with Gasteiger partial charge in [0.1, 0.15) is 0 Å². The van der Waals surface area contributed by atoms with Gasteiger partial charge in [-0.3, -0.25) is 5.43 Å². The summed E-state index contributed by atoms with van der Waals surface area (Å²) >= 11 is 2.00. The first-order valence-electron chi connectivity index (χ1n) is 4.77. The summed E-state index contributed by atoms with van der Waals surface area (Å²) in [5.41, 5.74) is 2.71. The Morgan fingerprint density at radius 3 is 2.62 bits per heavy atom. The molecule has 0 unspecified atom stereocenters. The Labute approximate surface area is 82.9 Å². The Balaban J connectivity index is 1.93. The molecule has 1 aliphatic carbocycles. The van der Waals surface area contributed by atoms with E-state index in [0.29, 0.717) is 6.04 Å². The van der Waals surface area contributed by atoms with Crippen LogP contribution in [0.25, 0.3) is 0 Å². The van der Waals surface area contributed by atoms with Gasteiger partial charge in [0.05, 0.1) is 6.04 Å². The van der Waals surface area contributed by atoms with Crippen LogP contribution in [0.2, 0.25) is 0 Å². The molecule has 0 aromatic heterocycles. The summed E-state index contributed by atoms with van der Waals surface area (Å²) in [6.07, 6.45) is 2.46. The average Bonchev–Trinajstić information content (AvgIpc) is 2.99. The predicted molar refractivity (Wildman–Crippen MR) is 56.7 cm³/mol. The molecule has 0 radical (unpaired) electrons. The Kier molecular flexibility index (Phi) is 2.95. The molecule has 1 aliphatic heterocycles. The molecule has 2 rings (SSSR count). The molecule has 2 fully saturated rings. The van der Waals surface area contributed by atoms with Crippen LogP contribution in [0.4, 0.5) is 0 Å². The number of aliphatic imine (C=N–C) groups is 1. The highest BCUT2D eigenvalue weighted by Gasteiger charge is 2.23. The molecule has 1 heterocycles. The third-order valence-corrected chi connectivity index (χ3v) is 3.23. The molecule has 1 saturated carbocycles. The minimum absolute atomic E-state index is 0.542. The fourth-order valence-corrected chi connectivity index (χ4v) is 2.27. The maximum atomic E-state index is 5.45. The van der Waals surface area contributed by atoms with Crippen molar-refractivity contribution in [2.45, 2.75) is 18.9 Å². The third kappa shape index (κ3) is 2.51. The minimum atomic E-state index is 0.542. The van der Waals surface area contributed by atoms with Gasteiger partial charge in [-0.2, -0.15) is 11.8 Å². The van der Waals surface area contributed by atoms with E-state index in [1.54, 1.807) is 0 Å². The van der Waals surface area contributed by atoms with Gasteiger partial charge in [-0.05, 0) is 12.8 Å². The second kappa shape index (κ2) is 4.19. The van der Waals surface area contributed by atoms with Crippen molar-refractivity contribution in [2.75, 3.05) is 24.6 Å². The molecule has 5 heteroatoms. The molecule has 0 atom stereocenters. The quantitative estimate of drug-likeness (QED) is 0.271. The fourth-order valence-electron chi connectivity index (χ4n) is 1.36. The molecule has 13 heavy (non-hydrogen) atoms. The molecule has 74 valence electrons. The molecule has 0 aromatic rings. The molecule has 0 bridgehead atoms. The predicted octanol–water partition coefficient (Wildman–Crippen LogP) is 0.0169. The van der Waals surface area contributed by atoms with Gasteiger partial charge < -0.3 is 4.90 Å². The molecule has 0 spiro atoms. The molecule has 3 N–H and O–H groups in total. The monoisotopic (exact) mass is 200 g/mol. The number of hydrogen-bond donors (Lipinski definition) is 2. The first kappa shape index (κ1) is 9.15. The van der Waals surface area contributed by atoms with Crippen LogP contribution in [0.5, 0.6) is 0 Å². The van der Waals surface area contributed by atoms with E-state index in [9.17, 15) is 0 Å². The number of thioether (sulfide) groups is 1.